The summed E-state index contributed by atoms with van der Waals surface area (Å²) in [7, 11) is 0. The van der Waals surface area contributed by atoms with Gasteiger partial charge in [-0.25, -0.2) is 9.97 Å². The zero-order valence-corrected chi connectivity index (χ0v) is 13.7. The predicted octanol–water partition coefficient (Wildman–Crippen LogP) is 2.26. The zero-order chi connectivity index (χ0) is 16.4. The quantitative estimate of drug-likeness (QED) is 0.774. The molecule has 1 aromatic carbocycles. The largest absolute Gasteiger partial charge is 0.441 e. The van der Waals surface area contributed by atoms with Gasteiger partial charge in [-0.05, 0) is 32.0 Å². The third kappa shape index (κ3) is 3.32. The lowest BCUT2D eigenvalue weighted by Gasteiger charge is -2.31. The van der Waals surface area contributed by atoms with E-state index >= 15 is 0 Å². The number of ether oxygens (including phenoxy) is 1. The number of rotatable bonds is 5. The lowest BCUT2D eigenvalue weighted by atomic mass is 10.2. The van der Waals surface area contributed by atoms with Gasteiger partial charge >= 0.3 is 0 Å². The molecule has 0 saturated carbocycles. The molecule has 1 fully saturated rings. The van der Waals surface area contributed by atoms with Gasteiger partial charge in [-0.15, -0.1) is 0 Å². The van der Waals surface area contributed by atoms with Gasteiger partial charge in [0.25, 0.3) is 0 Å². The van der Waals surface area contributed by atoms with Crippen LogP contribution in [0.15, 0.2) is 28.7 Å². The second kappa shape index (κ2) is 6.70. The highest BCUT2D eigenvalue weighted by Crippen LogP contribution is 2.20. The van der Waals surface area contributed by atoms with Crippen LogP contribution >= 0.6 is 0 Å². The maximum Gasteiger partial charge on any atom is 0.195 e. The minimum absolute atomic E-state index is 0.0481. The molecule has 24 heavy (non-hydrogen) atoms. The molecular weight excluding hydrogens is 306 g/mol. The second-order valence-corrected chi connectivity index (χ2v) is 6.12. The molecule has 1 N–H and O–H groups in total. The highest BCUT2D eigenvalue weighted by Gasteiger charge is 2.24. The fourth-order valence-electron chi connectivity index (χ4n) is 3.05. The number of aromatic amines is 1. The number of aryl methyl sites for hydroxylation is 2. The second-order valence-electron chi connectivity index (χ2n) is 6.12. The number of aromatic nitrogens is 4. The highest BCUT2D eigenvalue weighted by molar-refractivity contribution is 5.72. The normalized spacial score (nSPS) is 19.1. The van der Waals surface area contributed by atoms with E-state index in [4.69, 9.17) is 9.15 Å². The fourth-order valence-corrected chi connectivity index (χ4v) is 3.05. The molecule has 0 amide bonds. The Morgan fingerprint density at radius 1 is 1.29 bits per heavy atom. The van der Waals surface area contributed by atoms with E-state index in [0.29, 0.717) is 6.61 Å². The van der Waals surface area contributed by atoms with Crippen LogP contribution in [0.2, 0.25) is 0 Å². The molecule has 0 radical (unpaired) electrons. The highest BCUT2D eigenvalue weighted by atomic mass is 16.5. The van der Waals surface area contributed by atoms with Crippen molar-refractivity contribution in [1.82, 2.24) is 25.1 Å². The van der Waals surface area contributed by atoms with Gasteiger partial charge in [-0.2, -0.15) is 5.10 Å². The first kappa shape index (κ1) is 15.3. The Kier molecular flexibility index (Phi) is 4.27. The molecule has 2 aromatic heterocycles. The first-order valence-electron chi connectivity index (χ1n) is 8.35. The van der Waals surface area contributed by atoms with Crippen molar-refractivity contribution in [2.24, 2.45) is 0 Å². The van der Waals surface area contributed by atoms with Crippen LogP contribution in [-0.2, 0) is 11.2 Å². The van der Waals surface area contributed by atoms with Gasteiger partial charge < -0.3 is 9.15 Å². The Morgan fingerprint density at radius 2 is 2.21 bits per heavy atom. The molecule has 1 atom stereocenters. The summed E-state index contributed by atoms with van der Waals surface area (Å²) in [4.78, 5) is 11.3. The third-order valence-electron chi connectivity index (χ3n) is 4.26. The summed E-state index contributed by atoms with van der Waals surface area (Å²) in [5.41, 5.74) is 1.79. The summed E-state index contributed by atoms with van der Waals surface area (Å²) in [6.07, 6.45) is 1.80. The van der Waals surface area contributed by atoms with E-state index in [1.165, 1.54) is 0 Å². The summed E-state index contributed by atoms with van der Waals surface area (Å²) < 4.78 is 11.6. The Hall–Kier alpha value is -2.25. The standard InChI is InChI=1S/C17H21N5O2/c1-12-18-17(21-20-12)15-11-22(9-10-23-15)8-4-7-16-19-13-5-2-3-6-14(13)24-16/h2-3,5-6,15H,4,7-11H2,1H3,(H,18,20,21)/t15-/m1/s1. The van der Waals surface area contributed by atoms with Gasteiger partial charge in [0.05, 0.1) is 6.61 Å². The lowest BCUT2D eigenvalue weighted by molar-refractivity contribution is -0.0344. The fraction of sp³-hybridized carbons (Fsp3) is 0.471. The molecule has 7 nitrogen and oxygen atoms in total. The molecule has 3 heterocycles. The van der Waals surface area contributed by atoms with E-state index in [0.717, 1.165) is 61.1 Å². The van der Waals surface area contributed by atoms with Crippen LogP contribution in [0.3, 0.4) is 0 Å². The molecule has 0 unspecified atom stereocenters. The van der Waals surface area contributed by atoms with Crippen molar-refractivity contribution < 1.29 is 9.15 Å². The number of fused-ring (bicyclic) bond motifs is 1. The molecule has 126 valence electrons. The van der Waals surface area contributed by atoms with Gasteiger partial charge in [-0.1, -0.05) is 12.1 Å². The Bertz CT molecular complexity index is 779. The van der Waals surface area contributed by atoms with E-state index in [9.17, 15) is 0 Å². The van der Waals surface area contributed by atoms with Crippen molar-refractivity contribution in [3.05, 3.63) is 41.8 Å². The Morgan fingerprint density at radius 3 is 3.04 bits per heavy atom. The molecule has 4 rings (SSSR count). The molecule has 0 bridgehead atoms. The van der Waals surface area contributed by atoms with E-state index in [2.05, 4.69) is 25.1 Å². The van der Waals surface area contributed by atoms with Gasteiger partial charge in [0.1, 0.15) is 17.4 Å². The van der Waals surface area contributed by atoms with Gasteiger partial charge in [0.15, 0.2) is 17.3 Å². The van der Waals surface area contributed by atoms with Crippen LogP contribution in [0.1, 0.15) is 30.1 Å². The number of nitrogens with one attached hydrogen (secondary N) is 1. The number of para-hydroxylation sites is 2. The van der Waals surface area contributed by atoms with E-state index in [1.807, 2.05) is 31.2 Å². The van der Waals surface area contributed by atoms with Crippen LogP contribution in [-0.4, -0.2) is 51.3 Å². The molecule has 3 aromatic rings. The van der Waals surface area contributed by atoms with Crippen LogP contribution in [0, 0.1) is 6.92 Å². The summed E-state index contributed by atoms with van der Waals surface area (Å²) in [6.45, 7) is 5.36. The number of nitrogens with zero attached hydrogens (tertiary/aromatic N) is 4. The minimum atomic E-state index is -0.0481. The molecule has 1 aliphatic rings. The summed E-state index contributed by atoms with van der Waals surface area (Å²) >= 11 is 0. The predicted molar refractivity (Wildman–Crippen MR) is 88.6 cm³/mol. The molecule has 0 aliphatic carbocycles. The van der Waals surface area contributed by atoms with Crippen molar-refractivity contribution in [3.63, 3.8) is 0 Å². The minimum Gasteiger partial charge on any atom is -0.441 e. The van der Waals surface area contributed by atoms with Crippen molar-refractivity contribution in [2.75, 3.05) is 26.2 Å². The first-order chi connectivity index (χ1) is 11.8. The zero-order valence-electron chi connectivity index (χ0n) is 13.7. The summed E-state index contributed by atoms with van der Waals surface area (Å²) in [6, 6.07) is 7.88. The molecule has 7 heteroatoms. The number of morpholine rings is 1. The maximum absolute atomic E-state index is 5.79. The van der Waals surface area contributed by atoms with E-state index in [-0.39, 0.29) is 6.10 Å². The number of hydrogen-bond donors (Lipinski definition) is 1. The SMILES string of the molecule is Cc1nc([C@H]2CN(CCCc3nc4ccccc4o3)CCO2)n[nH]1. The molecule has 1 aliphatic heterocycles. The monoisotopic (exact) mass is 327 g/mol. The van der Waals surface area contributed by atoms with Gasteiger partial charge in [-0.3, -0.25) is 10.00 Å². The Balaban J connectivity index is 1.30. The van der Waals surface area contributed by atoms with Crippen molar-refractivity contribution in [3.8, 4) is 0 Å². The van der Waals surface area contributed by atoms with Crippen LogP contribution in [0.5, 0.6) is 0 Å². The van der Waals surface area contributed by atoms with E-state index in [1.54, 1.807) is 0 Å². The third-order valence-corrected chi connectivity index (χ3v) is 4.26. The number of hydrogen-bond acceptors (Lipinski definition) is 6. The summed E-state index contributed by atoms with van der Waals surface area (Å²) in [5.74, 6) is 2.38. The van der Waals surface area contributed by atoms with Crippen LogP contribution in [0.4, 0.5) is 0 Å². The molecular formula is C17H21N5O2. The van der Waals surface area contributed by atoms with Gasteiger partial charge in [0, 0.05) is 19.5 Å². The number of H-pyrrole nitrogens is 1. The van der Waals surface area contributed by atoms with Crippen molar-refractivity contribution in [2.45, 2.75) is 25.9 Å². The average Bonchev–Trinajstić information content (AvgIpc) is 3.21. The summed E-state index contributed by atoms with van der Waals surface area (Å²) in [5, 5.41) is 7.09. The van der Waals surface area contributed by atoms with E-state index < -0.39 is 0 Å². The number of benzene rings is 1. The van der Waals surface area contributed by atoms with Crippen LogP contribution in [0.25, 0.3) is 11.1 Å². The van der Waals surface area contributed by atoms with Crippen LogP contribution < -0.4 is 0 Å². The number of oxazole rings is 1. The molecule has 1 saturated heterocycles. The Labute approximate surface area is 140 Å². The topological polar surface area (TPSA) is 80.1 Å². The van der Waals surface area contributed by atoms with Crippen molar-refractivity contribution >= 4 is 11.1 Å². The first-order valence-corrected chi connectivity index (χ1v) is 8.35. The smallest absolute Gasteiger partial charge is 0.195 e. The lowest BCUT2D eigenvalue weighted by Crippen LogP contribution is -2.39. The van der Waals surface area contributed by atoms with Crippen molar-refractivity contribution in [1.29, 1.82) is 0 Å². The average molecular weight is 327 g/mol. The molecule has 0 spiro atoms. The maximum atomic E-state index is 5.79. The van der Waals surface area contributed by atoms with Gasteiger partial charge in [0.2, 0.25) is 0 Å².